The molecule has 1 rings (SSSR count). The summed E-state index contributed by atoms with van der Waals surface area (Å²) in [6.07, 6.45) is 1.40. The van der Waals surface area contributed by atoms with Crippen molar-refractivity contribution in [3.05, 3.63) is 22.4 Å². The van der Waals surface area contributed by atoms with Crippen molar-refractivity contribution < 1.29 is 14.7 Å². The van der Waals surface area contributed by atoms with E-state index >= 15 is 0 Å². The predicted octanol–water partition coefficient (Wildman–Crippen LogP) is 1.54. The van der Waals surface area contributed by atoms with Crippen LogP contribution in [0.5, 0.6) is 0 Å². The lowest BCUT2D eigenvalue weighted by atomic mass is 9.97. The minimum atomic E-state index is -0.837. The van der Waals surface area contributed by atoms with Crippen LogP contribution < -0.4 is 10.6 Å². The molecule has 1 aromatic rings. The van der Waals surface area contributed by atoms with E-state index in [0.717, 1.165) is 0 Å². The molecule has 0 saturated carbocycles. The minimum Gasteiger partial charge on any atom is -0.388 e. The topological polar surface area (TPSA) is 78.4 Å². The zero-order chi connectivity index (χ0) is 15.0. The van der Waals surface area contributed by atoms with E-state index in [2.05, 4.69) is 10.6 Å². The molecule has 6 heteroatoms. The van der Waals surface area contributed by atoms with Crippen LogP contribution >= 0.6 is 11.3 Å². The Bertz CT molecular complexity index is 428. The molecule has 0 aliphatic carbocycles. The van der Waals surface area contributed by atoms with E-state index < -0.39 is 5.60 Å². The molecule has 0 aromatic carbocycles. The summed E-state index contributed by atoms with van der Waals surface area (Å²) in [5.41, 5.74) is -0.837. The number of carbonyl (C=O) groups excluding carboxylic acids is 2. The maximum absolute atomic E-state index is 11.6. The van der Waals surface area contributed by atoms with Crippen LogP contribution in [0.2, 0.25) is 0 Å². The number of aliphatic hydroxyl groups is 1. The Morgan fingerprint density at radius 3 is 2.55 bits per heavy atom. The van der Waals surface area contributed by atoms with E-state index in [4.69, 9.17) is 0 Å². The lowest BCUT2D eigenvalue weighted by Crippen LogP contribution is -2.42. The minimum absolute atomic E-state index is 0.161. The number of carbonyl (C=O) groups is 2. The molecule has 0 aliphatic rings. The van der Waals surface area contributed by atoms with E-state index in [1.54, 1.807) is 6.07 Å². The summed E-state index contributed by atoms with van der Waals surface area (Å²) in [7, 11) is 0. The fourth-order valence-corrected chi connectivity index (χ4v) is 2.28. The second-order valence-corrected chi connectivity index (χ2v) is 5.64. The van der Waals surface area contributed by atoms with Gasteiger partial charge in [0.1, 0.15) is 0 Å². The number of hydrogen-bond donors (Lipinski definition) is 3. The standard InChI is InChI=1S/C14H22N2O3S/c1-3-14(19,4-2)10-16-12(17)7-8-15-13(18)11-6-5-9-20-11/h5-6,9,19H,3-4,7-8,10H2,1-2H3,(H,15,18)(H,16,17). The molecule has 1 aromatic heterocycles. The van der Waals surface area contributed by atoms with Crippen molar-refractivity contribution in [2.24, 2.45) is 0 Å². The Kier molecular flexibility index (Phi) is 6.67. The number of amides is 2. The first kappa shape index (κ1) is 16.7. The van der Waals surface area contributed by atoms with Gasteiger partial charge >= 0.3 is 0 Å². The summed E-state index contributed by atoms with van der Waals surface area (Å²) < 4.78 is 0. The molecular weight excluding hydrogens is 276 g/mol. The van der Waals surface area contributed by atoms with Gasteiger partial charge in [0, 0.05) is 19.5 Å². The number of thiophene rings is 1. The zero-order valence-electron chi connectivity index (χ0n) is 11.9. The molecule has 20 heavy (non-hydrogen) atoms. The van der Waals surface area contributed by atoms with Crippen LogP contribution in [0.1, 0.15) is 42.8 Å². The maximum Gasteiger partial charge on any atom is 0.261 e. The molecule has 0 unspecified atom stereocenters. The molecule has 0 aliphatic heterocycles. The third-order valence-electron chi connectivity index (χ3n) is 3.31. The van der Waals surface area contributed by atoms with Crippen molar-refractivity contribution >= 4 is 23.2 Å². The van der Waals surface area contributed by atoms with Crippen molar-refractivity contribution in [3.63, 3.8) is 0 Å². The van der Waals surface area contributed by atoms with E-state index in [0.29, 0.717) is 24.3 Å². The SMILES string of the molecule is CCC(O)(CC)CNC(=O)CCNC(=O)c1cccs1. The summed E-state index contributed by atoms with van der Waals surface area (Å²) >= 11 is 1.36. The second kappa shape index (κ2) is 8.01. The Hall–Kier alpha value is -1.40. The average molecular weight is 298 g/mol. The predicted molar refractivity (Wildman–Crippen MR) is 79.8 cm³/mol. The highest BCUT2D eigenvalue weighted by Gasteiger charge is 2.22. The maximum atomic E-state index is 11.6. The fraction of sp³-hybridized carbons (Fsp3) is 0.571. The fourth-order valence-electron chi connectivity index (χ4n) is 1.64. The zero-order valence-corrected chi connectivity index (χ0v) is 12.8. The first-order valence-electron chi connectivity index (χ1n) is 6.81. The van der Waals surface area contributed by atoms with Crippen LogP contribution in [0.3, 0.4) is 0 Å². The summed E-state index contributed by atoms with van der Waals surface area (Å²) in [4.78, 5) is 23.9. The third-order valence-corrected chi connectivity index (χ3v) is 4.18. The molecule has 2 amide bonds. The van der Waals surface area contributed by atoms with Gasteiger partial charge in [0.15, 0.2) is 0 Å². The molecule has 0 spiro atoms. The highest BCUT2D eigenvalue weighted by Crippen LogP contribution is 2.12. The van der Waals surface area contributed by atoms with Crippen molar-refractivity contribution in [3.8, 4) is 0 Å². The van der Waals surface area contributed by atoms with Gasteiger partial charge in [-0.2, -0.15) is 0 Å². The Labute approximate surface area is 123 Å². The van der Waals surface area contributed by atoms with E-state index in [-0.39, 0.29) is 24.8 Å². The quantitative estimate of drug-likeness (QED) is 0.681. The monoisotopic (exact) mass is 298 g/mol. The summed E-state index contributed by atoms with van der Waals surface area (Å²) in [5.74, 6) is -0.330. The molecule has 0 atom stereocenters. The Balaban J connectivity index is 2.22. The smallest absolute Gasteiger partial charge is 0.261 e. The molecule has 1 heterocycles. The highest BCUT2D eigenvalue weighted by molar-refractivity contribution is 7.12. The normalized spacial score (nSPS) is 11.2. The number of hydrogen-bond acceptors (Lipinski definition) is 4. The van der Waals surface area contributed by atoms with Gasteiger partial charge in [-0.25, -0.2) is 0 Å². The van der Waals surface area contributed by atoms with Gasteiger partial charge in [0.2, 0.25) is 5.91 Å². The lowest BCUT2D eigenvalue weighted by molar-refractivity contribution is -0.122. The molecule has 0 radical (unpaired) electrons. The molecule has 5 nitrogen and oxygen atoms in total. The summed E-state index contributed by atoms with van der Waals surface area (Å²) in [6.45, 7) is 4.31. The number of nitrogens with one attached hydrogen (secondary N) is 2. The van der Waals surface area contributed by atoms with Gasteiger partial charge in [0.05, 0.1) is 10.5 Å². The van der Waals surface area contributed by atoms with E-state index in [9.17, 15) is 14.7 Å². The average Bonchev–Trinajstić information content (AvgIpc) is 2.99. The van der Waals surface area contributed by atoms with Crippen LogP contribution in [0.25, 0.3) is 0 Å². The van der Waals surface area contributed by atoms with Gasteiger partial charge in [0.25, 0.3) is 5.91 Å². The van der Waals surface area contributed by atoms with Crippen LogP contribution in [0, 0.1) is 0 Å². The van der Waals surface area contributed by atoms with Crippen LogP contribution in [0.15, 0.2) is 17.5 Å². The van der Waals surface area contributed by atoms with Gasteiger partial charge in [-0.3, -0.25) is 9.59 Å². The molecule has 0 fully saturated rings. The van der Waals surface area contributed by atoms with Crippen molar-refractivity contribution in [2.45, 2.75) is 38.7 Å². The largest absolute Gasteiger partial charge is 0.388 e. The van der Waals surface area contributed by atoms with Gasteiger partial charge < -0.3 is 15.7 Å². The Morgan fingerprint density at radius 2 is 2.00 bits per heavy atom. The summed E-state index contributed by atoms with van der Waals surface area (Å²) in [5, 5.41) is 17.2. The number of rotatable bonds is 8. The second-order valence-electron chi connectivity index (χ2n) is 4.69. The van der Waals surface area contributed by atoms with Crippen molar-refractivity contribution in [2.75, 3.05) is 13.1 Å². The van der Waals surface area contributed by atoms with E-state index in [1.807, 2.05) is 25.3 Å². The highest BCUT2D eigenvalue weighted by atomic mass is 32.1. The van der Waals surface area contributed by atoms with Crippen molar-refractivity contribution in [1.29, 1.82) is 0 Å². The van der Waals surface area contributed by atoms with Crippen molar-refractivity contribution in [1.82, 2.24) is 10.6 Å². The van der Waals surface area contributed by atoms with Gasteiger partial charge in [-0.1, -0.05) is 19.9 Å². The van der Waals surface area contributed by atoms with Gasteiger partial charge in [-0.05, 0) is 24.3 Å². The van der Waals surface area contributed by atoms with Crippen LogP contribution in [0.4, 0.5) is 0 Å². The van der Waals surface area contributed by atoms with Crippen LogP contribution in [-0.4, -0.2) is 35.6 Å². The lowest BCUT2D eigenvalue weighted by Gasteiger charge is -2.25. The first-order valence-corrected chi connectivity index (χ1v) is 7.69. The first-order chi connectivity index (χ1) is 9.50. The van der Waals surface area contributed by atoms with Crippen LogP contribution in [-0.2, 0) is 4.79 Å². The summed E-state index contributed by atoms with van der Waals surface area (Å²) in [6, 6.07) is 3.55. The molecular formula is C14H22N2O3S. The molecule has 0 bridgehead atoms. The third kappa shape index (κ3) is 5.30. The molecule has 3 N–H and O–H groups in total. The molecule has 0 saturated heterocycles. The van der Waals surface area contributed by atoms with E-state index in [1.165, 1.54) is 11.3 Å². The van der Waals surface area contributed by atoms with Gasteiger partial charge in [-0.15, -0.1) is 11.3 Å². The molecule has 112 valence electrons. The Morgan fingerprint density at radius 1 is 1.30 bits per heavy atom.